The maximum absolute atomic E-state index is 13.5. The summed E-state index contributed by atoms with van der Waals surface area (Å²) in [4.78, 5) is 0. The van der Waals surface area contributed by atoms with Gasteiger partial charge in [0.2, 0.25) is 0 Å². The van der Waals surface area contributed by atoms with Crippen LogP contribution in [-0.2, 0) is 6.42 Å². The van der Waals surface area contributed by atoms with E-state index in [0.29, 0.717) is 6.42 Å². The topological polar surface area (TPSA) is 23.8 Å². The molecule has 108 valence electrons. The van der Waals surface area contributed by atoms with Gasteiger partial charge in [0, 0.05) is 0 Å². The third-order valence-corrected chi connectivity index (χ3v) is 4.98. The number of nitriles is 1. The van der Waals surface area contributed by atoms with Crippen LogP contribution in [0, 0.1) is 28.5 Å². The average molecular weight is 294 g/mol. The van der Waals surface area contributed by atoms with Gasteiger partial charge in [-0.05, 0) is 49.7 Å². The van der Waals surface area contributed by atoms with Gasteiger partial charge >= 0.3 is 0 Å². The third kappa shape index (κ3) is 3.33. The summed E-state index contributed by atoms with van der Waals surface area (Å²) in [5, 5.41) is 9.77. The van der Waals surface area contributed by atoms with Gasteiger partial charge in [-0.1, -0.05) is 43.5 Å². The highest BCUT2D eigenvalue weighted by Crippen LogP contribution is 2.43. The van der Waals surface area contributed by atoms with Crippen molar-refractivity contribution in [2.24, 2.45) is 11.3 Å². The minimum atomic E-state index is -0.392. The number of nitrogens with zero attached hydrogens (tertiary/aromatic N) is 1. The molecule has 0 unspecified atom stereocenters. The van der Waals surface area contributed by atoms with Gasteiger partial charge in [0.25, 0.3) is 0 Å². The Morgan fingerprint density at radius 1 is 1.40 bits per heavy atom. The van der Waals surface area contributed by atoms with Crippen LogP contribution in [0.3, 0.4) is 0 Å². The molecule has 0 heterocycles. The normalized spacial score (nSPS) is 26.2. The van der Waals surface area contributed by atoms with Gasteiger partial charge in [0.1, 0.15) is 5.82 Å². The first-order valence-corrected chi connectivity index (χ1v) is 7.82. The summed E-state index contributed by atoms with van der Waals surface area (Å²) in [5.74, 6) is 0.362. The lowest BCUT2D eigenvalue weighted by atomic mass is 9.67. The van der Waals surface area contributed by atoms with E-state index < -0.39 is 5.82 Å². The molecule has 0 saturated heterocycles. The molecule has 0 spiro atoms. The lowest BCUT2D eigenvalue weighted by Gasteiger charge is -2.35. The first-order valence-electron chi connectivity index (χ1n) is 7.44. The summed E-state index contributed by atoms with van der Waals surface area (Å²) in [6, 6.07) is 7.37. The summed E-state index contributed by atoms with van der Waals surface area (Å²) in [5.41, 5.74) is 0.406. The van der Waals surface area contributed by atoms with E-state index in [1.165, 1.54) is 18.9 Å². The van der Waals surface area contributed by atoms with Crippen molar-refractivity contribution in [2.45, 2.75) is 51.9 Å². The van der Waals surface area contributed by atoms with Crippen LogP contribution in [0.25, 0.3) is 0 Å². The van der Waals surface area contributed by atoms with Crippen molar-refractivity contribution in [3.05, 3.63) is 34.6 Å². The monoisotopic (exact) mass is 293 g/mol. The summed E-state index contributed by atoms with van der Waals surface area (Å²) in [6.45, 7) is 2.21. The zero-order valence-electron chi connectivity index (χ0n) is 12.0. The molecule has 0 aromatic heterocycles. The Kier molecular flexibility index (Phi) is 5.05. The standard InChI is InChI=1S/C17H21ClFN/c1-2-4-13-7-9-17(12-20,10-8-13)11-14-5-3-6-15(19)16(14)18/h3,5-6,13H,2,4,7-11H2,1H3. The molecule has 0 aliphatic heterocycles. The molecule has 1 aromatic carbocycles. The Morgan fingerprint density at radius 3 is 2.70 bits per heavy atom. The fraction of sp³-hybridized carbons (Fsp3) is 0.588. The Labute approximate surface area is 125 Å². The maximum atomic E-state index is 13.5. The van der Waals surface area contributed by atoms with Crippen LogP contribution in [0.4, 0.5) is 4.39 Å². The van der Waals surface area contributed by atoms with Crippen LogP contribution in [0.2, 0.25) is 5.02 Å². The lowest BCUT2D eigenvalue weighted by molar-refractivity contribution is 0.200. The second-order valence-electron chi connectivity index (χ2n) is 6.01. The van der Waals surface area contributed by atoms with Crippen molar-refractivity contribution in [2.75, 3.05) is 0 Å². The van der Waals surface area contributed by atoms with Crippen molar-refractivity contribution in [1.82, 2.24) is 0 Å². The molecule has 1 aliphatic carbocycles. The summed E-state index contributed by atoms with van der Waals surface area (Å²) in [7, 11) is 0. The molecule has 20 heavy (non-hydrogen) atoms. The van der Waals surface area contributed by atoms with E-state index in [1.807, 2.05) is 6.07 Å². The van der Waals surface area contributed by atoms with E-state index in [4.69, 9.17) is 11.6 Å². The Hall–Kier alpha value is -1.07. The van der Waals surface area contributed by atoms with Crippen molar-refractivity contribution in [1.29, 1.82) is 5.26 Å². The molecule has 0 N–H and O–H groups in total. The number of benzene rings is 1. The Balaban J connectivity index is 2.10. The first-order chi connectivity index (χ1) is 9.60. The van der Waals surface area contributed by atoms with E-state index in [0.717, 1.165) is 37.2 Å². The van der Waals surface area contributed by atoms with Gasteiger partial charge in [-0.25, -0.2) is 4.39 Å². The minimum Gasteiger partial charge on any atom is -0.205 e. The SMILES string of the molecule is CCCC1CCC(C#N)(Cc2cccc(F)c2Cl)CC1. The van der Waals surface area contributed by atoms with E-state index in [9.17, 15) is 9.65 Å². The van der Waals surface area contributed by atoms with Gasteiger partial charge in [-0.2, -0.15) is 5.26 Å². The van der Waals surface area contributed by atoms with Gasteiger partial charge in [0.15, 0.2) is 0 Å². The highest BCUT2D eigenvalue weighted by atomic mass is 35.5. The van der Waals surface area contributed by atoms with Gasteiger partial charge < -0.3 is 0 Å². The highest BCUT2D eigenvalue weighted by Gasteiger charge is 2.36. The average Bonchev–Trinajstić information content (AvgIpc) is 2.46. The van der Waals surface area contributed by atoms with E-state index in [1.54, 1.807) is 6.07 Å². The molecule has 3 heteroatoms. The zero-order chi connectivity index (χ0) is 14.6. The molecule has 0 bridgehead atoms. The minimum absolute atomic E-state index is 0.179. The number of hydrogen-bond donors (Lipinski definition) is 0. The Morgan fingerprint density at radius 2 is 2.10 bits per heavy atom. The van der Waals surface area contributed by atoms with Gasteiger partial charge in [-0.3, -0.25) is 0 Å². The number of hydrogen-bond acceptors (Lipinski definition) is 1. The zero-order valence-corrected chi connectivity index (χ0v) is 12.7. The third-order valence-electron chi connectivity index (χ3n) is 4.56. The van der Waals surface area contributed by atoms with E-state index >= 15 is 0 Å². The predicted octanol–water partition coefficient (Wildman–Crippen LogP) is 5.52. The van der Waals surface area contributed by atoms with Crippen molar-refractivity contribution >= 4 is 11.6 Å². The smallest absolute Gasteiger partial charge is 0.142 e. The largest absolute Gasteiger partial charge is 0.205 e. The molecule has 1 aromatic rings. The van der Waals surface area contributed by atoms with Crippen LogP contribution < -0.4 is 0 Å². The van der Waals surface area contributed by atoms with Crippen molar-refractivity contribution in [3.8, 4) is 6.07 Å². The molecule has 1 fully saturated rings. The fourth-order valence-corrected chi connectivity index (χ4v) is 3.50. The Bertz CT molecular complexity index is 498. The number of halogens is 2. The predicted molar refractivity (Wildman–Crippen MR) is 80.0 cm³/mol. The maximum Gasteiger partial charge on any atom is 0.142 e. The molecule has 1 saturated carbocycles. The van der Waals surface area contributed by atoms with E-state index in [-0.39, 0.29) is 10.4 Å². The molecule has 0 radical (unpaired) electrons. The highest BCUT2D eigenvalue weighted by molar-refractivity contribution is 6.31. The summed E-state index contributed by atoms with van der Waals surface area (Å²) in [6.07, 6.45) is 7.05. The van der Waals surface area contributed by atoms with Crippen LogP contribution >= 0.6 is 11.6 Å². The molecule has 1 nitrogen and oxygen atoms in total. The lowest BCUT2D eigenvalue weighted by Crippen LogP contribution is -2.28. The molecular weight excluding hydrogens is 273 g/mol. The number of rotatable bonds is 4. The van der Waals surface area contributed by atoms with Crippen molar-refractivity contribution in [3.63, 3.8) is 0 Å². The van der Waals surface area contributed by atoms with Gasteiger partial charge in [0.05, 0.1) is 16.5 Å². The van der Waals surface area contributed by atoms with Gasteiger partial charge in [-0.15, -0.1) is 0 Å². The van der Waals surface area contributed by atoms with Crippen LogP contribution in [0.15, 0.2) is 18.2 Å². The fourth-order valence-electron chi connectivity index (χ4n) is 3.30. The molecule has 2 rings (SSSR count). The quantitative estimate of drug-likeness (QED) is 0.717. The van der Waals surface area contributed by atoms with Crippen molar-refractivity contribution < 1.29 is 4.39 Å². The van der Waals surface area contributed by atoms with Crippen LogP contribution in [0.5, 0.6) is 0 Å². The molecular formula is C17H21ClFN. The van der Waals surface area contributed by atoms with E-state index in [2.05, 4.69) is 13.0 Å². The summed E-state index contributed by atoms with van der Waals surface area (Å²) >= 11 is 6.03. The molecule has 1 aliphatic rings. The van der Waals surface area contributed by atoms with Crippen LogP contribution in [-0.4, -0.2) is 0 Å². The van der Waals surface area contributed by atoms with Crippen LogP contribution in [0.1, 0.15) is 51.0 Å². The molecule has 0 atom stereocenters. The second kappa shape index (κ2) is 6.59. The molecule has 0 amide bonds. The second-order valence-corrected chi connectivity index (χ2v) is 6.39. The summed E-state index contributed by atoms with van der Waals surface area (Å²) < 4.78 is 13.5. The first kappa shape index (κ1) is 15.3.